The van der Waals surface area contributed by atoms with Gasteiger partial charge in [-0.15, -0.1) is 0 Å². The fourth-order valence-electron chi connectivity index (χ4n) is 1.37. The van der Waals surface area contributed by atoms with Crippen LogP contribution in [0, 0.1) is 0 Å². The molecule has 0 radical (unpaired) electrons. The summed E-state index contributed by atoms with van der Waals surface area (Å²) in [6, 6.07) is 10.1. The molecule has 0 aliphatic rings. The van der Waals surface area contributed by atoms with Crippen molar-refractivity contribution in [3.63, 3.8) is 0 Å². The van der Waals surface area contributed by atoms with Crippen molar-refractivity contribution in [1.29, 1.82) is 0 Å². The van der Waals surface area contributed by atoms with Crippen molar-refractivity contribution < 1.29 is 0 Å². The molecule has 2 aromatic rings. The van der Waals surface area contributed by atoms with Gasteiger partial charge in [-0.05, 0) is 25.3 Å². The first kappa shape index (κ1) is 9.65. The van der Waals surface area contributed by atoms with Gasteiger partial charge in [0.1, 0.15) is 0 Å². The highest BCUT2D eigenvalue weighted by atomic mass is 15.3. The normalized spacial score (nSPS) is 10.0. The monoisotopic (exact) mass is 199 g/mol. The zero-order valence-corrected chi connectivity index (χ0v) is 8.86. The molecule has 0 fully saturated rings. The average Bonchev–Trinajstić information content (AvgIpc) is 2.26. The molecule has 0 spiro atoms. The second-order valence-corrected chi connectivity index (χ2v) is 3.55. The maximum absolute atomic E-state index is 4.26. The summed E-state index contributed by atoms with van der Waals surface area (Å²) < 4.78 is 0. The minimum atomic E-state index is 0.800. The SMILES string of the molecule is CC(C)=NNc1nccc2ccccc12. The van der Waals surface area contributed by atoms with Crippen molar-refractivity contribution >= 4 is 22.3 Å². The average molecular weight is 199 g/mol. The molecule has 3 nitrogen and oxygen atoms in total. The van der Waals surface area contributed by atoms with Gasteiger partial charge in [0.2, 0.25) is 0 Å². The zero-order valence-electron chi connectivity index (χ0n) is 8.86. The Bertz CT molecular complexity index is 494. The predicted molar refractivity (Wildman–Crippen MR) is 64.1 cm³/mol. The molecule has 2 rings (SSSR count). The summed E-state index contributed by atoms with van der Waals surface area (Å²) in [7, 11) is 0. The number of nitrogens with one attached hydrogen (secondary N) is 1. The first-order valence-corrected chi connectivity index (χ1v) is 4.88. The lowest BCUT2D eigenvalue weighted by atomic mass is 10.2. The van der Waals surface area contributed by atoms with Crippen LogP contribution in [0.2, 0.25) is 0 Å². The third-order valence-electron chi connectivity index (χ3n) is 2.06. The highest BCUT2D eigenvalue weighted by molar-refractivity contribution is 5.92. The summed E-state index contributed by atoms with van der Waals surface area (Å²) >= 11 is 0. The molecule has 1 heterocycles. The van der Waals surface area contributed by atoms with Crippen LogP contribution >= 0.6 is 0 Å². The van der Waals surface area contributed by atoms with E-state index in [9.17, 15) is 0 Å². The molecule has 0 bridgehead atoms. The Labute approximate surface area is 88.8 Å². The lowest BCUT2D eigenvalue weighted by Crippen LogP contribution is -1.96. The highest BCUT2D eigenvalue weighted by Gasteiger charge is 1.99. The predicted octanol–water partition coefficient (Wildman–Crippen LogP) is 3.04. The second kappa shape index (κ2) is 4.09. The first-order valence-electron chi connectivity index (χ1n) is 4.88. The van der Waals surface area contributed by atoms with Crippen molar-refractivity contribution in [2.24, 2.45) is 5.10 Å². The maximum Gasteiger partial charge on any atom is 0.154 e. The Balaban J connectivity index is 2.47. The van der Waals surface area contributed by atoms with Crippen LogP contribution in [0.25, 0.3) is 10.8 Å². The number of hydrogen-bond acceptors (Lipinski definition) is 3. The van der Waals surface area contributed by atoms with Crippen molar-refractivity contribution in [1.82, 2.24) is 4.98 Å². The van der Waals surface area contributed by atoms with E-state index in [2.05, 4.69) is 21.6 Å². The third kappa shape index (κ3) is 2.13. The summed E-state index contributed by atoms with van der Waals surface area (Å²) in [5.41, 5.74) is 3.94. The van der Waals surface area contributed by atoms with Crippen LogP contribution in [-0.2, 0) is 0 Å². The van der Waals surface area contributed by atoms with E-state index in [0.717, 1.165) is 16.9 Å². The van der Waals surface area contributed by atoms with Crippen LogP contribution < -0.4 is 5.43 Å². The minimum Gasteiger partial charge on any atom is -0.261 e. The lowest BCUT2D eigenvalue weighted by Gasteiger charge is -2.04. The molecule has 0 amide bonds. The van der Waals surface area contributed by atoms with Crippen molar-refractivity contribution in [2.45, 2.75) is 13.8 Å². The van der Waals surface area contributed by atoms with Crippen LogP contribution in [0.1, 0.15) is 13.8 Å². The largest absolute Gasteiger partial charge is 0.261 e. The molecule has 76 valence electrons. The molecular formula is C12H13N3. The number of fused-ring (bicyclic) bond motifs is 1. The van der Waals surface area contributed by atoms with Crippen molar-refractivity contribution in [2.75, 3.05) is 5.43 Å². The van der Waals surface area contributed by atoms with E-state index >= 15 is 0 Å². The second-order valence-electron chi connectivity index (χ2n) is 3.55. The van der Waals surface area contributed by atoms with Gasteiger partial charge in [-0.25, -0.2) is 4.98 Å². The smallest absolute Gasteiger partial charge is 0.154 e. The van der Waals surface area contributed by atoms with E-state index in [1.165, 1.54) is 5.39 Å². The molecule has 0 saturated carbocycles. The number of hydrazone groups is 1. The molecule has 1 N–H and O–H groups in total. The van der Waals surface area contributed by atoms with Gasteiger partial charge in [0.25, 0.3) is 0 Å². The third-order valence-corrected chi connectivity index (χ3v) is 2.06. The lowest BCUT2D eigenvalue weighted by molar-refractivity contribution is 1.24. The Morgan fingerprint density at radius 3 is 2.80 bits per heavy atom. The number of aromatic nitrogens is 1. The van der Waals surface area contributed by atoms with Gasteiger partial charge >= 0.3 is 0 Å². The summed E-state index contributed by atoms with van der Waals surface area (Å²) in [6.07, 6.45) is 1.78. The van der Waals surface area contributed by atoms with Gasteiger partial charge in [-0.2, -0.15) is 5.10 Å². The Morgan fingerprint density at radius 2 is 2.00 bits per heavy atom. The maximum atomic E-state index is 4.26. The molecule has 0 unspecified atom stereocenters. The quantitative estimate of drug-likeness (QED) is 0.596. The van der Waals surface area contributed by atoms with Crippen LogP contribution in [0.4, 0.5) is 5.82 Å². The summed E-state index contributed by atoms with van der Waals surface area (Å²) in [4.78, 5) is 4.26. The molecule has 3 heteroatoms. The number of pyridine rings is 1. The standard InChI is InChI=1S/C12H13N3/c1-9(2)14-15-12-11-6-4-3-5-10(11)7-8-13-12/h3-8H,1-2H3,(H,13,15). The molecule has 15 heavy (non-hydrogen) atoms. The van der Waals surface area contributed by atoms with Crippen LogP contribution in [0.5, 0.6) is 0 Å². The van der Waals surface area contributed by atoms with Gasteiger partial charge in [0, 0.05) is 17.3 Å². The van der Waals surface area contributed by atoms with E-state index in [4.69, 9.17) is 0 Å². The molecule has 1 aromatic heterocycles. The fraction of sp³-hybridized carbons (Fsp3) is 0.167. The summed E-state index contributed by atoms with van der Waals surface area (Å²) in [5.74, 6) is 0.800. The van der Waals surface area contributed by atoms with Crippen LogP contribution in [0.3, 0.4) is 0 Å². The molecule has 0 saturated heterocycles. The van der Waals surface area contributed by atoms with E-state index in [1.807, 2.05) is 38.1 Å². The van der Waals surface area contributed by atoms with Crippen LogP contribution in [-0.4, -0.2) is 10.7 Å². The van der Waals surface area contributed by atoms with Gasteiger partial charge in [-0.3, -0.25) is 5.43 Å². The van der Waals surface area contributed by atoms with E-state index in [-0.39, 0.29) is 0 Å². The first-order chi connectivity index (χ1) is 7.27. The van der Waals surface area contributed by atoms with Crippen LogP contribution in [0.15, 0.2) is 41.6 Å². The molecule has 0 aliphatic carbocycles. The number of rotatable bonds is 2. The fourth-order valence-corrected chi connectivity index (χ4v) is 1.37. The highest BCUT2D eigenvalue weighted by Crippen LogP contribution is 2.20. The number of anilines is 1. The van der Waals surface area contributed by atoms with E-state index < -0.39 is 0 Å². The van der Waals surface area contributed by atoms with Crippen molar-refractivity contribution in [3.8, 4) is 0 Å². The zero-order chi connectivity index (χ0) is 10.7. The molecule has 0 aliphatic heterocycles. The summed E-state index contributed by atoms with van der Waals surface area (Å²) in [5, 5.41) is 6.40. The Morgan fingerprint density at radius 1 is 1.20 bits per heavy atom. The summed E-state index contributed by atoms with van der Waals surface area (Å²) in [6.45, 7) is 3.89. The van der Waals surface area contributed by atoms with Crippen molar-refractivity contribution in [3.05, 3.63) is 36.5 Å². The Hall–Kier alpha value is -1.90. The number of hydrogen-bond donors (Lipinski definition) is 1. The Kier molecular flexibility index (Phi) is 2.63. The minimum absolute atomic E-state index is 0.800. The van der Waals surface area contributed by atoms with Gasteiger partial charge < -0.3 is 0 Å². The van der Waals surface area contributed by atoms with E-state index in [1.54, 1.807) is 6.20 Å². The van der Waals surface area contributed by atoms with Gasteiger partial charge in [0.15, 0.2) is 5.82 Å². The number of benzene rings is 1. The van der Waals surface area contributed by atoms with Gasteiger partial charge in [-0.1, -0.05) is 24.3 Å². The topological polar surface area (TPSA) is 37.3 Å². The number of nitrogens with zero attached hydrogens (tertiary/aromatic N) is 2. The van der Waals surface area contributed by atoms with E-state index in [0.29, 0.717) is 0 Å². The van der Waals surface area contributed by atoms with Gasteiger partial charge in [0.05, 0.1) is 0 Å². The molecular weight excluding hydrogens is 186 g/mol. The molecule has 0 atom stereocenters. The molecule has 1 aromatic carbocycles.